The molecule has 0 aliphatic carbocycles. The molecule has 0 aliphatic heterocycles. The van der Waals surface area contributed by atoms with E-state index in [2.05, 4.69) is 28.6 Å². The van der Waals surface area contributed by atoms with Gasteiger partial charge in [0.2, 0.25) is 17.7 Å². The van der Waals surface area contributed by atoms with Gasteiger partial charge in [0, 0.05) is 5.75 Å². The molecule has 0 aromatic rings. The number of hydrogen-bond donors (Lipinski definition) is 7. The third kappa shape index (κ3) is 9.59. The molecule has 0 saturated heterocycles. The van der Waals surface area contributed by atoms with Gasteiger partial charge in [-0.05, 0) is 31.7 Å². The van der Waals surface area contributed by atoms with Crippen molar-refractivity contribution in [3.63, 3.8) is 0 Å². The van der Waals surface area contributed by atoms with Crippen LogP contribution in [0.25, 0.3) is 0 Å². The van der Waals surface area contributed by atoms with Crippen molar-refractivity contribution in [2.45, 2.75) is 51.2 Å². The first-order valence-corrected chi connectivity index (χ1v) is 9.45. The average molecular weight is 406 g/mol. The number of amides is 3. The molecule has 27 heavy (non-hydrogen) atoms. The fraction of sp³-hybridized carbons (Fsp3) is 0.750. The predicted octanol–water partition coefficient (Wildman–Crippen LogP) is -1.80. The number of nitrogens with two attached hydrogens (primary N) is 2. The molecule has 0 heterocycles. The summed E-state index contributed by atoms with van der Waals surface area (Å²) in [6, 6.07) is -3.00. The molecule has 0 spiro atoms. The Labute approximate surface area is 164 Å². The number of unbranched alkanes of at least 4 members (excludes halogenated alkanes) is 1. The van der Waals surface area contributed by atoms with Crippen LogP contribution >= 0.6 is 12.6 Å². The molecular formula is C16H31N5O5S. The summed E-state index contributed by atoms with van der Waals surface area (Å²) in [7, 11) is 0. The minimum absolute atomic E-state index is 0.0147. The molecule has 0 bridgehead atoms. The van der Waals surface area contributed by atoms with Crippen molar-refractivity contribution in [1.29, 1.82) is 0 Å². The first-order valence-electron chi connectivity index (χ1n) is 8.81. The molecular weight excluding hydrogens is 374 g/mol. The Bertz CT molecular complexity index is 517. The topological polar surface area (TPSA) is 177 Å². The van der Waals surface area contributed by atoms with E-state index in [0.717, 1.165) is 0 Å². The van der Waals surface area contributed by atoms with E-state index < -0.39 is 41.8 Å². The lowest BCUT2D eigenvalue weighted by atomic mass is 10.0. The van der Waals surface area contributed by atoms with Gasteiger partial charge in [0.1, 0.15) is 18.1 Å². The quantitative estimate of drug-likeness (QED) is 0.140. The maximum Gasteiger partial charge on any atom is 0.326 e. The Kier molecular flexibility index (Phi) is 12.4. The van der Waals surface area contributed by atoms with Gasteiger partial charge in [-0.3, -0.25) is 14.4 Å². The molecule has 0 saturated carbocycles. The van der Waals surface area contributed by atoms with Gasteiger partial charge in [0.15, 0.2) is 0 Å². The number of nitrogens with one attached hydrogen (secondary N) is 3. The van der Waals surface area contributed by atoms with E-state index in [1.54, 1.807) is 13.8 Å². The zero-order valence-corrected chi connectivity index (χ0v) is 16.6. The zero-order chi connectivity index (χ0) is 21.0. The van der Waals surface area contributed by atoms with Gasteiger partial charge in [-0.15, -0.1) is 0 Å². The molecule has 0 rings (SSSR count). The molecule has 0 aromatic heterocycles. The summed E-state index contributed by atoms with van der Waals surface area (Å²) in [4.78, 5) is 47.6. The molecule has 0 aliphatic rings. The first-order chi connectivity index (χ1) is 12.7. The summed E-state index contributed by atoms with van der Waals surface area (Å²) in [5.74, 6) is -3.19. The lowest BCUT2D eigenvalue weighted by Crippen LogP contribution is -2.58. The number of thiol groups is 1. The van der Waals surface area contributed by atoms with E-state index in [1.807, 2.05) is 0 Å². The van der Waals surface area contributed by atoms with Crippen LogP contribution in [0.1, 0.15) is 33.1 Å². The van der Waals surface area contributed by atoms with E-state index in [4.69, 9.17) is 11.5 Å². The van der Waals surface area contributed by atoms with Crippen molar-refractivity contribution in [1.82, 2.24) is 16.0 Å². The van der Waals surface area contributed by atoms with Gasteiger partial charge in [-0.2, -0.15) is 12.6 Å². The Morgan fingerprint density at radius 1 is 0.963 bits per heavy atom. The van der Waals surface area contributed by atoms with E-state index in [1.165, 1.54) is 0 Å². The first kappa shape index (κ1) is 25.1. The minimum Gasteiger partial charge on any atom is -0.480 e. The number of hydrogen-bond acceptors (Lipinski definition) is 7. The Morgan fingerprint density at radius 2 is 1.59 bits per heavy atom. The van der Waals surface area contributed by atoms with Crippen LogP contribution in [-0.2, 0) is 19.2 Å². The Hall–Kier alpha value is -1.85. The van der Waals surface area contributed by atoms with Crippen molar-refractivity contribution in [3.05, 3.63) is 0 Å². The molecule has 3 atom stereocenters. The number of carboxylic acid groups (broad SMARTS) is 1. The van der Waals surface area contributed by atoms with Crippen LogP contribution in [0.2, 0.25) is 0 Å². The fourth-order valence-electron chi connectivity index (χ4n) is 2.25. The monoisotopic (exact) mass is 405 g/mol. The van der Waals surface area contributed by atoms with Crippen LogP contribution in [0.5, 0.6) is 0 Å². The lowest BCUT2D eigenvalue weighted by Gasteiger charge is -2.26. The van der Waals surface area contributed by atoms with E-state index >= 15 is 0 Å². The number of carbonyl (C=O) groups excluding carboxylic acids is 3. The van der Waals surface area contributed by atoms with Gasteiger partial charge in [-0.25, -0.2) is 4.79 Å². The molecule has 10 nitrogen and oxygen atoms in total. The molecule has 0 aromatic carbocycles. The van der Waals surface area contributed by atoms with Gasteiger partial charge in [-0.1, -0.05) is 13.8 Å². The highest BCUT2D eigenvalue weighted by Crippen LogP contribution is 2.06. The molecule has 0 radical (unpaired) electrons. The average Bonchev–Trinajstić information content (AvgIpc) is 2.62. The largest absolute Gasteiger partial charge is 0.480 e. The van der Waals surface area contributed by atoms with Crippen LogP contribution in [0, 0.1) is 5.92 Å². The van der Waals surface area contributed by atoms with E-state index in [9.17, 15) is 24.3 Å². The summed E-state index contributed by atoms with van der Waals surface area (Å²) < 4.78 is 0. The van der Waals surface area contributed by atoms with Gasteiger partial charge < -0.3 is 32.5 Å². The lowest BCUT2D eigenvalue weighted by molar-refractivity contribution is -0.142. The molecule has 3 unspecified atom stereocenters. The summed E-state index contributed by atoms with van der Waals surface area (Å²) in [5.41, 5.74) is 10.6. The third-order valence-corrected chi connectivity index (χ3v) is 4.19. The van der Waals surface area contributed by atoms with Gasteiger partial charge in [0.25, 0.3) is 0 Å². The second-order valence-electron chi connectivity index (χ2n) is 6.42. The zero-order valence-electron chi connectivity index (χ0n) is 15.7. The summed E-state index contributed by atoms with van der Waals surface area (Å²) >= 11 is 4.02. The number of rotatable bonds is 13. The van der Waals surface area contributed by atoms with Crippen LogP contribution in [0.4, 0.5) is 0 Å². The van der Waals surface area contributed by atoms with Crippen LogP contribution in [0.15, 0.2) is 0 Å². The highest BCUT2D eigenvalue weighted by atomic mass is 32.1. The molecule has 156 valence electrons. The van der Waals surface area contributed by atoms with Crippen LogP contribution < -0.4 is 27.4 Å². The Morgan fingerprint density at radius 3 is 2.04 bits per heavy atom. The smallest absolute Gasteiger partial charge is 0.326 e. The summed E-state index contributed by atoms with van der Waals surface area (Å²) in [6.07, 6.45) is 1.44. The maximum atomic E-state index is 12.5. The fourth-order valence-corrected chi connectivity index (χ4v) is 2.50. The summed E-state index contributed by atoms with van der Waals surface area (Å²) in [5, 5.41) is 16.7. The number of aliphatic carboxylic acids is 1. The van der Waals surface area contributed by atoms with Crippen molar-refractivity contribution in [3.8, 4) is 0 Å². The SMILES string of the molecule is CC(C)C(NC(=O)C(CS)NC(=O)CN)C(=O)NC(CCCCN)C(=O)O. The highest BCUT2D eigenvalue weighted by Gasteiger charge is 2.30. The normalized spacial score (nSPS) is 14.1. The van der Waals surface area contributed by atoms with E-state index in [-0.39, 0.29) is 24.6 Å². The second kappa shape index (κ2) is 13.3. The number of carbonyl (C=O) groups is 4. The number of carboxylic acids is 1. The Balaban J connectivity index is 5.02. The predicted molar refractivity (Wildman–Crippen MR) is 104 cm³/mol. The molecule has 11 heteroatoms. The molecule has 3 amide bonds. The van der Waals surface area contributed by atoms with Crippen LogP contribution in [0.3, 0.4) is 0 Å². The highest BCUT2D eigenvalue weighted by molar-refractivity contribution is 7.80. The van der Waals surface area contributed by atoms with Crippen molar-refractivity contribution < 1.29 is 24.3 Å². The van der Waals surface area contributed by atoms with E-state index in [0.29, 0.717) is 19.4 Å². The third-order valence-electron chi connectivity index (χ3n) is 3.83. The van der Waals surface area contributed by atoms with Crippen molar-refractivity contribution in [2.24, 2.45) is 17.4 Å². The van der Waals surface area contributed by atoms with Crippen molar-refractivity contribution >= 4 is 36.3 Å². The molecule has 0 fully saturated rings. The van der Waals surface area contributed by atoms with Crippen LogP contribution in [-0.4, -0.2) is 65.8 Å². The molecule has 8 N–H and O–H groups in total. The van der Waals surface area contributed by atoms with Gasteiger partial charge >= 0.3 is 5.97 Å². The second-order valence-corrected chi connectivity index (χ2v) is 6.79. The van der Waals surface area contributed by atoms with Gasteiger partial charge in [0.05, 0.1) is 6.54 Å². The van der Waals surface area contributed by atoms with Crippen molar-refractivity contribution in [2.75, 3.05) is 18.8 Å². The minimum atomic E-state index is -1.15. The summed E-state index contributed by atoms with van der Waals surface area (Å²) in [6.45, 7) is 3.57. The maximum absolute atomic E-state index is 12.5. The standard InChI is InChI=1S/C16H31N5O5S/c1-9(2)13(21-14(23)11(8-27)19-12(22)7-18)15(24)20-10(16(25)26)5-3-4-6-17/h9-11,13,27H,3-8,17-18H2,1-2H3,(H,19,22)(H,20,24)(H,21,23)(H,25,26).